The molecule has 7 nitrogen and oxygen atoms in total. The van der Waals surface area contributed by atoms with Gasteiger partial charge in [0.2, 0.25) is 20.0 Å². The smallest absolute Gasteiger partial charge is 0.243 e. The minimum absolute atomic E-state index is 0. The van der Waals surface area contributed by atoms with E-state index in [-0.39, 0.29) is 28.2 Å². The van der Waals surface area contributed by atoms with Gasteiger partial charge in [-0.25, -0.2) is 21.6 Å². The third-order valence-electron chi connectivity index (χ3n) is 3.63. The van der Waals surface area contributed by atoms with Gasteiger partial charge in [0.15, 0.2) is 0 Å². The maximum Gasteiger partial charge on any atom is 0.243 e. The maximum absolute atomic E-state index is 12.5. The van der Waals surface area contributed by atoms with Crippen LogP contribution in [0.2, 0.25) is 0 Å². The lowest BCUT2D eigenvalue weighted by Crippen LogP contribution is -2.38. The van der Waals surface area contributed by atoms with Crippen molar-refractivity contribution in [3.05, 3.63) is 24.3 Å². The molecule has 0 radical (unpaired) electrons. The van der Waals surface area contributed by atoms with Crippen LogP contribution in [0.5, 0.6) is 0 Å². The summed E-state index contributed by atoms with van der Waals surface area (Å²) in [5.41, 5.74) is 0. The third kappa shape index (κ3) is 3.79. The van der Waals surface area contributed by atoms with Crippen LogP contribution in [0.1, 0.15) is 6.42 Å². The van der Waals surface area contributed by atoms with Crippen molar-refractivity contribution in [3.8, 4) is 0 Å². The minimum atomic E-state index is -3.61. The lowest BCUT2D eigenvalue weighted by molar-refractivity contribution is 0.387. The quantitative estimate of drug-likeness (QED) is 0.761. The minimum Gasteiger partial charge on any atom is -0.315 e. The summed E-state index contributed by atoms with van der Waals surface area (Å²) in [4.78, 5) is 0.126. The van der Waals surface area contributed by atoms with Crippen molar-refractivity contribution in [2.75, 3.05) is 27.2 Å². The molecule has 0 spiro atoms. The molecule has 2 N–H and O–H groups in total. The standard InChI is InChI=1S/C12H19N3O4S2.ClH/c1-13-20(16,17)11-3-5-12(6-4-11)21(18,19)15(2)10-7-8-14-9-10;/h3-6,10,13-14H,7-9H2,1-2H3;1H. The first kappa shape index (κ1) is 19.3. The van der Waals surface area contributed by atoms with Crippen LogP contribution in [0.3, 0.4) is 0 Å². The van der Waals surface area contributed by atoms with E-state index >= 15 is 0 Å². The number of halogens is 1. The van der Waals surface area contributed by atoms with Crippen LogP contribution in [-0.4, -0.2) is 54.4 Å². The summed E-state index contributed by atoms with van der Waals surface area (Å²) < 4.78 is 51.7. The van der Waals surface area contributed by atoms with E-state index in [0.717, 1.165) is 13.0 Å². The van der Waals surface area contributed by atoms with Crippen molar-refractivity contribution < 1.29 is 16.8 Å². The first-order chi connectivity index (χ1) is 9.79. The molecule has 1 unspecified atom stereocenters. The monoisotopic (exact) mass is 369 g/mol. The average Bonchev–Trinajstić information content (AvgIpc) is 3.00. The van der Waals surface area contributed by atoms with E-state index < -0.39 is 20.0 Å². The molecule has 2 rings (SSSR count). The van der Waals surface area contributed by atoms with Gasteiger partial charge in [0.1, 0.15) is 0 Å². The molecule has 1 heterocycles. The van der Waals surface area contributed by atoms with Crippen LogP contribution in [0.4, 0.5) is 0 Å². The van der Waals surface area contributed by atoms with Gasteiger partial charge >= 0.3 is 0 Å². The van der Waals surface area contributed by atoms with Crippen LogP contribution < -0.4 is 10.0 Å². The van der Waals surface area contributed by atoms with Gasteiger partial charge < -0.3 is 5.32 Å². The highest BCUT2D eigenvalue weighted by Crippen LogP contribution is 2.20. The number of sulfonamides is 2. The molecule has 10 heteroatoms. The highest BCUT2D eigenvalue weighted by Gasteiger charge is 2.30. The molecule has 126 valence electrons. The Hall–Kier alpha value is -0.710. The number of nitrogens with zero attached hydrogens (tertiary/aromatic N) is 1. The summed E-state index contributed by atoms with van der Waals surface area (Å²) in [6.45, 7) is 1.42. The number of nitrogens with one attached hydrogen (secondary N) is 2. The fourth-order valence-corrected chi connectivity index (χ4v) is 4.34. The van der Waals surface area contributed by atoms with E-state index in [4.69, 9.17) is 0 Å². The number of benzene rings is 1. The molecule has 1 fully saturated rings. The number of rotatable bonds is 5. The third-order valence-corrected chi connectivity index (χ3v) is 6.98. The van der Waals surface area contributed by atoms with Crippen molar-refractivity contribution in [1.82, 2.24) is 14.3 Å². The fourth-order valence-electron chi connectivity index (χ4n) is 2.22. The first-order valence-corrected chi connectivity index (χ1v) is 9.44. The highest BCUT2D eigenvalue weighted by atomic mass is 35.5. The van der Waals surface area contributed by atoms with E-state index in [2.05, 4.69) is 10.0 Å². The Morgan fingerprint density at radius 3 is 2.14 bits per heavy atom. The molecule has 1 saturated heterocycles. The van der Waals surface area contributed by atoms with Gasteiger partial charge in [-0.2, -0.15) is 4.31 Å². The molecule has 1 aliphatic rings. The Kier molecular flexibility index (Phi) is 6.36. The molecular formula is C12H20ClN3O4S2. The van der Waals surface area contributed by atoms with Crippen molar-refractivity contribution in [2.24, 2.45) is 0 Å². The second kappa shape index (κ2) is 7.24. The predicted octanol–water partition coefficient (Wildman–Crippen LogP) is -0.00110. The lowest BCUT2D eigenvalue weighted by Gasteiger charge is -2.23. The van der Waals surface area contributed by atoms with Gasteiger partial charge in [0.05, 0.1) is 9.79 Å². The van der Waals surface area contributed by atoms with Crippen LogP contribution in [-0.2, 0) is 20.0 Å². The van der Waals surface area contributed by atoms with Crippen LogP contribution in [0, 0.1) is 0 Å². The van der Waals surface area contributed by atoms with Gasteiger partial charge in [0.25, 0.3) is 0 Å². The molecule has 1 aromatic rings. The Morgan fingerprint density at radius 1 is 1.14 bits per heavy atom. The molecule has 0 aromatic heterocycles. The van der Waals surface area contributed by atoms with Gasteiger partial charge in [-0.15, -0.1) is 12.4 Å². The summed E-state index contributed by atoms with van der Waals surface area (Å²) in [5, 5.41) is 3.12. The zero-order chi connectivity index (χ0) is 15.7. The van der Waals surface area contributed by atoms with E-state index in [1.165, 1.54) is 35.6 Å². The number of hydrogen-bond acceptors (Lipinski definition) is 5. The Balaban J connectivity index is 0.00000242. The van der Waals surface area contributed by atoms with Gasteiger partial charge in [-0.1, -0.05) is 0 Å². The first-order valence-electron chi connectivity index (χ1n) is 6.51. The Labute approximate surface area is 137 Å². The Morgan fingerprint density at radius 2 is 1.68 bits per heavy atom. The highest BCUT2D eigenvalue weighted by molar-refractivity contribution is 7.89. The normalized spacial score (nSPS) is 19.1. The number of likely N-dealkylation sites (N-methyl/N-ethyl adjacent to an activating group) is 1. The SMILES string of the molecule is CNS(=O)(=O)c1ccc(S(=O)(=O)N(C)C2CCNC2)cc1.Cl. The van der Waals surface area contributed by atoms with Crippen LogP contribution >= 0.6 is 12.4 Å². The molecule has 0 bridgehead atoms. The molecular weight excluding hydrogens is 350 g/mol. The Bertz CT molecular complexity index is 698. The predicted molar refractivity (Wildman–Crippen MR) is 86.2 cm³/mol. The second-order valence-electron chi connectivity index (χ2n) is 4.85. The lowest BCUT2D eigenvalue weighted by atomic mass is 10.3. The fraction of sp³-hybridized carbons (Fsp3) is 0.500. The molecule has 22 heavy (non-hydrogen) atoms. The van der Waals surface area contributed by atoms with Crippen molar-refractivity contribution >= 4 is 32.5 Å². The van der Waals surface area contributed by atoms with E-state index in [0.29, 0.717) is 6.54 Å². The summed E-state index contributed by atoms with van der Waals surface area (Å²) in [5.74, 6) is 0. The molecule has 0 aliphatic carbocycles. The maximum atomic E-state index is 12.5. The number of hydrogen-bond donors (Lipinski definition) is 2. The van der Waals surface area contributed by atoms with Gasteiger partial charge in [-0.05, 0) is 44.3 Å². The van der Waals surface area contributed by atoms with Crippen molar-refractivity contribution in [2.45, 2.75) is 22.3 Å². The zero-order valence-electron chi connectivity index (χ0n) is 12.3. The molecule has 1 aliphatic heterocycles. The van der Waals surface area contributed by atoms with E-state index in [1.54, 1.807) is 7.05 Å². The summed E-state index contributed by atoms with van der Waals surface area (Å²) in [6, 6.07) is 5.14. The van der Waals surface area contributed by atoms with Crippen LogP contribution in [0.15, 0.2) is 34.1 Å². The molecule has 1 atom stereocenters. The summed E-state index contributed by atoms with van der Waals surface area (Å²) in [7, 11) is -4.32. The van der Waals surface area contributed by atoms with Gasteiger partial charge in [0, 0.05) is 19.6 Å². The van der Waals surface area contributed by atoms with Gasteiger partial charge in [-0.3, -0.25) is 0 Å². The summed E-state index contributed by atoms with van der Waals surface area (Å²) >= 11 is 0. The van der Waals surface area contributed by atoms with E-state index in [1.807, 2.05) is 0 Å². The van der Waals surface area contributed by atoms with E-state index in [9.17, 15) is 16.8 Å². The molecule has 0 saturated carbocycles. The second-order valence-corrected chi connectivity index (χ2v) is 8.73. The molecule has 1 aromatic carbocycles. The van der Waals surface area contributed by atoms with Crippen LogP contribution in [0.25, 0.3) is 0 Å². The average molecular weight is 370 g/mol. The van der Waals surface area contributed by atoms with Crippen molar-refractivity contribution in [1.29, 1.82) is 0 Å². The summed E-state index contributed by atoms with van der Waals surface area (Å²) in [6.07, 6.45) is 0.766. The molecule has 0 amide bonds. The topological polar surface area (TPSA) is 95.6 Å². The van der Waals surface area contributed by atoms with Crippen molar-refractivity contribution in [3.63, 3.8) is 0 Å². The largest absolute Gasteiger partial charge is 0.315 e. The zero-order valence-corrected chi connectivity index (χ0v) is 14.8.